The van der Waals surface area contributed by atoms with Gasteiger partial charge in [0, 0.05) is 24.2 Å². The van der Waals surface area contributed by atoms with E-state index in [1.165, 1.54) is 7.11 Å². The van der Waals surface area contributed by atoms with E-state index in [2.05, 4.69) is 16.3 Å². The van der Waals surface area contributed by atoms with E-state index in [0.29, 0.717) is 48.9 Å². The molecule has 3 N–H and O–H groups in total. The summed E-state index contributed by atoms with van der Waals surface area (Å²) in [5.41, 5.74) is 10.1. The number of carbonyl (C=O) groups is 1. The number of morpholine rings is 1. The molecule has 0 spiro atoms. The molecular formula is C26H25N5O5. The number of benzene rings is 2. The van der Waals surface area contributed by atoms with Crippen LogP contribution in [0.2, 0.25) is 0 Å². The van der Waals surface area contributed by atoms with Gasteiger partial charge in [-0.3, -0.25) is 5.10 Å². The Kier molecular flexibility index (Phi) is 6.23. The number of amides is 1. The molecule has 0 aliphatic carbocycles. The van der Waals surface area contributed by atoms with Crippen LogP contribution in [0.1, 0.15) is 22.6 Å². The predicted octanol–water partition coefficient (Wildman–Crippen LogP) is 3.44. The minimum Gasteiger partial charge on any atom is -0.493 e. The summed E-state index contributed by atoms with van der Waals surface area (Å²) in [7, 11) is 1.49. The highest BCUT2D eigenvalue weighted by molar-refractivity contribution is 5.76. The van der Waals surface area contributed by atoms with Crippen LogP contribution in [0.3, 0.4) is 0 Å². The molecule has 3 heterocycles. The van der Waals surface area contributed by atoms with Gasteiger partial charge in [0.15, 0.2) is 11.5 Å². The summed E-state index contributed by atoms with van der Waals surface area (Å²) in [6.07, 6.45) is -0.530. The lowest BCUT2D eigenvalue weighted by molar-refractivity contribution is 0.0412. The molecule has 1 saturated heterocycles. The third-order valence-electron chi connectivity index (χ3n) is 6.28. The number of nitrogens with two attached hydrogens (primary N) is 1. The predicted molar refractivity (Wildman–Crippen MR) is 129 cm³/mol. The van der Waals surface area contributed by atoms with Crippen LogP contribution in [0.5, 0.6) is 17.4 Å². The van der Waals surface area contributed by atoms with Crippen molar-refractivity contribution in [1.82, 2.24) is 15.1 Å². The first kappa shape index (κ1) is 23.3. The molecule has 1 atom stereocenters. The third kappa shape index (κ3) is 4.10. The maximum atomic E-state index is 13.0. The van der Waals surface area contributed by atoms with Gasteiger partial charge in [-0.2, -0.15) is 5.26 Å². The van der Waals surface area contributed by atoms with E-state index < -0.39 is 12.0 Å². The SMILES string of the molecule is COc1cccc([C@H]2C(C#N)=C(N)Oc3n[nH]c(-c4ccc(C)cc4)c32)c1OC(=O)N1CCOCC1. The van der Waals surface area contributed by atoms with Crippen LogP contribution in [0, 0.1) is 18.3 Å². The Balaban J connectivity index is 1.66. The monoisotopic (exact) mass is 487 g/mol. The molecule has 2 aliphatic heterocycles. The molecular weight excluding hydrogens is 462 g/mol. The average molecular weight is 488 g/mol. The Morgan fingerprint density at radius 3 is 2.67 bits per heavy atom. The van der Waals surface area contributed by atoms with Crippen molar-refractivity contribution < 1.29 is 23.7 Å². The van der Waals surface area contributed by atoms with Crippen molar-refractivity contribution >= 4 is 6.09 Å². The number of aryl methyl sites for hydroxylation is 1. The molecule has 10 heteroatoms. The molecule has 0 unspecified atom stereocenters. The first-order valence-corrected chi connectivity index (χ1v) is 11.5. The van der Waals surface area contributed by atoms with E-state index >= 15 is 0 Å². The smallest absolute Gasteiger partial charge is 0.415 e. The van der Waals surface area contributed by atoms with Crippen LogP contribution in [0.25, 0.3) is 11.3 Å². The van der Waals surface area contributed by atoms with Crippen molar-refractivity contribution in [2.75, 3.05) is 33.4 Å². The maximum absolute atomic E-state index is 13.0. The Morgan fingerprint density at radius 2 is 1.97 bits per heavy atom. The second-order valence-electron chi connectivity index (χ2n) is 8.45. The highest BCUT2D eigenvalue weighted by Crippen LogP contribution is 2.49. The molecule has 2 aliphatic rings. The maximum Gasteiger partial charge on any atom is 0.415 e. The number of aromatic nitrogens is 2. The van der Waals surface area contributed by atoms with Crippen LogP contribution >= 0.6 is 0 Å². The molecule has 184 valence electrons. The minimum absolute atomic E-state index is 0.0646. The van der Waals surface area contributed by atoms with Gasteiger partial charge in [-0.05, 0) is 13.0 Å². The lowest BCUT2D eigenvalue weighted by Crippen LogP contribution is -2.42. The fraction of sp³-hybridized carbons (Fsp3) is 0.269. The molecule has 0 radical (unpaired) electrons. The van der Waals surface area contributed by atoms with Gasteiger partial charge in [-0.25, -0.2) is 4.79 Å². The number of H-pyrrole nitrogens is 1. The summed E-state index contributed by atoms with van der Waals surface area (Å²) < 4.78 is 22.5. The van der Waals surface area contributed by atoms with Gasteiger partial charge >= 0.3 is 6.09 Å². The number of methoxy groups -OCH3 is 1. The van der Waals surface area contributed by atoms with Crippen molar-refractivity contribution in [3.63, 3.8) is 0 Å². The molecule has 3 aromatic rings. The molecule has 10 nitrogen and oxygen atoms in total. The molecule has 1 amide bonds. The van der Waals surface area contributed by atoms with E-state index in [4.69, 9.17) is 24.7 Å². The van der Waals surface area contributed by atoms with Gasteiger partial charge in [0.1, 0.15) is 11.6 Å². The van der Waals surface area contributed by atoms with Gasteiger partial charge in [0.2, 0.25) is 11.8 Å². The fourth-order valence-corrected chi connectivity index (χ4v) is 4.42. The van der Waals surface area contributed by atoms with Gasteiger partial charge in [0.25, 0.3) is 0 Å². The largest absolute Gasteiger partial charge is 0.493 e. The standard InChI is InChI=1S/C26H25N5O5/c1-15-6-8-16(9-7-15)22-21-20(18(14-27)24(28)36-25(21)30-29-22)17-4-3-5-19(33-2)23(17)35-26(32)31-10-12-34-13-11-31/h3-9,20H,10-13,28H2,1-2H3,(H,29,30)/t20-/m0/s1. The summed E-state index contributed by atoms with van der Waals surface area (Å²) in [5, 5.41) is 17.5. The fourth-order valence-electron chi connectivity index (χ4n) is 4.42. The molecule has 0 bridgehead atoms. The van der Waals surface area contributed by atoms with Crippen LogP contribution in [-0.4, -0.2) is 54.6 Å². The van der Waals surface area contributed by atoms with Crippen LogP contribution in [-0.2, 0) is 4.74 Å². The number of hydrogen-bond donors (Lipinski definition) is 2. The second-order valence-corrected chi connectivity index (χ2v) is 8.45. The van der Waals surface area contributed by atoms with Crippen molar-refractivity contribution in [1.29, 1.82) is 5.26 Å². The normalized spacial score (nSPS) is 17.1. The van der Waals surface area contributed by atoms with Gasteiger partial charge in [-0.15, -0.1) is 5.10 Å². The summed E-state index contributed by atoms with van der Waals surface area (Å²) in [4.78, 5) is 14.6. The number of allylic oxidation sites excluding steroid dienone is 1. The average Bonchev–Trinajstić information content (AvgIpc) is 3.32. The number of nitriles is 1. The molecule has 1 fully saturated rings. The highest BCUT2D eigenvalue weighted by atomic mass is 16.6. The molecule has 5 rings (SSSR count). The number of aromatic amines is 1. The summed E-state index contributed by atoms with van der Waals surface area (Å²) in [5.74, 6) is 0.00585. The van der Waals surface area contributed by atoms with E-state index in [9.17, 15) is 10.1 Å². The Hall–Kier alpha value is -4.49. The minimum atomic E-state index is -0.726. The number of ether oxygens (including phenoxy) is 4. The van der Waals surface area contributed by atoms with Crippen molar-refractivity contribution in [2.45, 2.75) is 12.8 Å². The second kappa shape index (κ2) is 9.64. The zero-order chi connectivity index (χ0) is 25.2. The zero-order valence-corrected chi connectivity index (χ0v) is 19.9. The Bertz CT molecular complexity index is 1370. The summed E-state index contributed by atoms with van der Waals surface area (Å²) in [6, 6.07) is 15.3. The molecule has 0 saturated carbocycles. The van der Waals surface area contributed by atoms with Gasteiger partial charge < -0.3 is 29.6 Å². The lowest BCUT2D eigenvalue weighted by Gasteiger charge is -2.28. The topological polar surface area (TPSA) is 136 Å². The van der Waals surface area contributed by atoms with Crippen LogP contribution in [0.15, 0.2) is 53.9 Å². The Labute approximate surface area is 207 Å². The van der Waals surface area contributed by atoms with Crippen molar-refractivity contribution in [2.24, 2.45) is 5.73 Å². The first-order chi connectivity index (χ1) is 17.5. The van der Waals surface area contributed by atoms with Crippen molar-refractivity contribution in [3.05, 3.63) is 70.6 Å². The van der Waals surface area contributed by atoms with E-state index in [1.54, 1.807) is 23.1 Å². The third-order valence-corrected chi connectivity index (χ3v) is 6.28. The van der Waals surface area contributed by atoms with Crippen molar-refractivity contribution in [3.8, 4) is 34.7 Å². The quantitative estimate of drug-likeness (QED) is 0.571. The number of carbonyl (C=O) groups excluding carboxylic acids is 1. The van der Waals surface area contributed by atoms with Crippen LogP contribution < -0.4 is 19.9 Å². The van der Waals surface area contributed by atoms with E-state index in [1.807, 2.05) is 31.2 Å². The van der Waals surface area contributed by atoms with Crippen LogP contribution in [0.4, 0.5) is 4.79 Å². The zero-order valence-electron chi connectivity index (χ0n) is 19.9. The van der Waals surface area contributed by atoms with Gasteiger partial charge in [-0.1, -0.05) is 42.0 Å². The number of fused-ring (bicyclic) bond motifs is 1. The van der Waals surface area contributed by atoms with Gasteiger partial charge in [0.05, 0.1) is 37.5 Å². The highest BCUT2D eigenvalue weighted by Gasteiger charge is 2.38. The number of hydrogen-bond acceptors (Lipinski definition) is 8. The summed E-state index contributed by atoms with van der Waals surface area (Å²) >= 11 is 0. The van der Waals surface area contributed by atoms with E-state index in [-0.39, 0.29) is 23.1 Å². The number of para-hydroxylation sites is 1. The van der Waals surface area contributed by atoms with E-state index in [0.717, 1.165) is 11.1 Å². The Morgan fingerprint density at radius 1 is 1.22 bits per heavy atom. The molecule has 36 heavy (non-hydrogen) atoms. The number of rotatable bonds is 4. The first-order valence-electron chi connectivity index (χ1n) is 11.5. The lowest BCUT2D eigenvalue weighted by atomic mass is 9.82. The molecule has 2 aromatic carbocycles. The number of nitrogens with one attached hydrogen (secondary N) is 1. The number of nitrogens with zero attached hydrogens (tertiary/aromatic N) is 3. The summed E-state index contributed by atoms with van der Waals surface area (Å²) in [6.45, 7) is 3.70. The molecule has 1 aromatic heterocycles.